The summed E-state index contributed by atoms with van der Waals surface area (Å²) in [5.74, 6) is -3.40. The van der Waals surface area contributed by atoms with Crippen molar-refractivity contribution < 1.29 is 18.8 Å². The molecule has 2 bridgehead atoms. The second-order valence-electron chi connectivity index (χ2n) is 9.88. The molecule has 6 rings (SSSR count). The molecular formula is C31H26FNO3. The van der Waals surface area contributed by atoms with Gasteiger partial charge in [0.2, 0.25) is 11.8 Å². The topological polar surface area (TPSA) is 54.5 Å². The van der Waals surface area contributed by atoms with E-state index in [1.165, 1.54) is 18.2 Å². The first-order chi connectivity index (χ1) is 17.4. The van der Waals surface area contributed by atoms with E-state index in [9.17, 15) is 18.8 Å². The Morgan fingerprint density at radius 1 is 0.667 bits per heavy atom. The van der Waals surface area contributed by atoms with Gasteiger partial charge in [-0.25, -0.2) is 9.29 Å². The molecule has 5 heteroatoms. The minimum Gasteiger partial charge on any atom is -0.298 e. The van der Waals surface area contributed by atoms with Gasteiger partial charge in [0.05, 0.1) is 28.4 Å². The SMILES string of the molecule is CC[C@]12C(=O)[C@](CC)(C(c3ccccc3)=C1c1ccccc1)[C@H]1C(=O)N(c3ccccc3F)C(=O)[C@@H]12. The number of benzene rings is 3. The fourth-order valence-electron chi connectivity index (χ4n) is 7.33. The van der Waals surface area contributed by atoms with Crippen LogP contribution >= 0.6 is 0 Å². The molecule has 36 heavy (non-hydrogen) atoms. The number of Topliss-reactive ketones (excluding diaryl/α,β-unsaturated/α-hetero) is 1. The summed E-state index contributed by atoms with van der Waals surface area (Å²) < 4.78 is 14.9. The van der Waals surface area contributed by atoms with E-state index in [4.69, 9.17) is 0 Å². The van der Waals surface area contributed by atoms with Crippen molar-refractivity contribution in [1.82, 2.24) is 0 Å². The standard InChI is InChI=1S/C31H26FNO3/c1-3-30-23(19-13-7-5-8-14-19)24(20-15-9-6-10-16-20)31(4-2,29(30)36)26-25(30)27(34)33(28(26)35)22-18-12-11-17-21(22)32/h5-18,25-26H,3-4H2,1-2H3/t25-,26-,30-,31+/m1/s1. The quantitative estimate of drug-likeness (QED) is 0.426. The number of halogens is 1. The number of nitrogens with zero attached hydrogens (tertiary/aromatic N) is 1. The van der Waals surface area contributed by atoms with Crippen molar-refractivity contribution in [3.63, 3.8) is 0 Å². The lowest BCUT2D eigenvalue weighted by molar-refractivity contribution is -0.134. The molecule has 0 unspecified atom stereocenters. The van der Waals surface area contributed by atoms with Crippen molar-refractivity contribution >= 4 is 34.4 Å². The van der Waals surface area contributed by atoms with Crippen LogP contribution in [0, 0.1) is 28.5 Å². The van der Waals surface area contributed by atoms with E-state index < -0.39 is 40.3 Å². The highest BCUT2D eigenvalue weighted by Gasteiger charge is 2.80. The number of amides is 2. The predicted octanol–water partition coefficient (Wildman–Crippen LogP) is 5.93. The van der Waals surface area contributed by atoms with E-state index in [1.54, 1.807) is 6.07 Å². The van der Waals surface area contributed by atoms with Gasteiger partial charge in [-0.2, -0.15) is 0 Å². The Morgan fingerprint density at radius 3 is 1.50 bits per heavy atom. The van der Waals surface area contributed by atoms with Gasteiger partial charge in [-0.05, 0) is 47.2 Å². The summed E-state index contributed by atoms with van der Waals surface area (Å²) >= 11 is 0. The van der Waals surface area contributed by atoms with Crippen LogP contribution in [-0.4, -0.2) is 17.6 Å². The van der Waals surface area contributed by atoms with Crippen LogP contribution in [0.15, 0.2) is 84.9 Å². The Labute approximate surface area is 209 Å². The van der Waals surface area contributed by atoms with Crippen LogP contribution < -0.4 is 4.90 Å². The van der Waals surface area contributed by atoms with Crippen molar-refractivity contribution in [2.75, 3.05) is 4.90 Å². The fourth-order valence-corrected chi connectivity index (χ4v) is 7.33. The summed E-state index contributed by atoms with van der Waals surface area (Å²) in [6.07, 6.45) is 0.749. The minimum atomic E-state index is -1.17. The lowest BCUT2D eigenvalue weighted by Crippen LogP contribution is -2.42. The van der Waals surface area contributed by atoms with Gasteiger partial charge >= 0.3 is 0 Å². The molecule has 0 radical (unpaired) electrons. The molecular weight excluding hydrogens is 453 g/mol. The molecule has 3 aromatic carbocycles. The molecule has 1 aliphatic heterocycles. The zero-order valence-corrected chi connectivity index (χ0v) is 20.2. The highest BCUT2D eigenvalue weighted by molar-refractivity contribution is 6.34. The number of anilines is 1. The van der Waals surface area contributed by atoms with Crippen LogP contribution in [0.25, 0.3) is 11.1 Å². The maximum Gasteiger partial charge on any atom is 0.239 e. The monoisotopic (exact) mass is 479 g/mol. The Hall–Kier alpha value is -3.86. The average Bonchev–Trinajstić information content (AvgIpc) is 3.41. The largest absolute Gasteiger partial charge is 0.298 e. The third-order valence-electron chi connectivity index (χ3n) is 8.65. The van der Waals surface area contributed by atoms with Crippen molar-refractivity contribution in [1.29, 1.82) is 0 Å². The fraction of sp³-hybridized carbons (Fsp3) is 0.258. The number of hydrogen-bond donors (Lipinski definition) is 0. The Bertz CT molecular complexity index is 1360. The number of hydrogen-bond acceptors (Lipinski definition) is 3. The Morgan fingerprint density at radius 2 is 1.08 bits per heavy atom. The van der Waals surface area contributed by atoms with Crippen molar-refractivity contribution in [2.24, 2.45) is 22.7 Å². The zero-order valence-electron chi connectivity index (χ0n) is 20.2. The normalized spacial score (nSPS) is 28.9. The van der Waals surface area contributed by atoms with E-state index in [2.05, 4.69) is 0 Å². The van der Waals surface area contributed by atoms with E-state index >= 15 is 0 Å². The van der Waals surface area contributed by atoms with E-state index in [-0.39, 0.29) is 11.5 Å². The third-order valence-corrected chi connectivity index (χ3v) is 8.65. The molecule has 1 saturated carbocycles. The molecule has 2 fully saturated rings. The van der Waals surface area contributed by atoms with Crippen LogP contribution in [-0.2, 0) is 14.4 Å². The van der Waals surface area contributed by atoms with Gasteiger partial charge in [0.15, 0.2) is 5.78 Å². The molecule has 2 amide bonds. The van der Waals surface area contributed by atoms with Gasteiger partial charge in [-0.1, -0.05) is 86.6 Å². The molecule has 180 valence electrons. The Balaban J connectivity index is 1.69. The van der Waals surface area contributed by atoms with Crippen molar-refractivity contribution in [3.8, 4) is 0 Å². The third kappa shape index (κ3) is 2.50. The smallest absolute Gasteiger partial charge is 0.239 e. The number of rotatable bonds is 5. The highest BCUT2D eigenvalue weighted by Crippen LogP contribution is 2.75. The van der Waals surface area contributed by atoms with Gasteiger partial charge in [-0.15, -0.1) is 0 Å². The number of carbonyl (C=O) groups excluding carboxylic acids is 3. The van der Waals surface area contributed by atoms with E-state index in [0.29, 0.717) is 12.8 Å². The summed E-state index contributed by atoms with van der Waals surface area (Å²) in [4.78, 5) is 43.8. The number of carbonyl (C=O) groups is 3. The highest BCUT2D eigenvalue weighted by atomic mass is 19.1. The van der Waals surface area contributed by atoms with Crippen LogP contribution in [0.2, 0.25) is 0 Å². The number of para-hydroxylation sites is 1. The van der Waals surface area contributed by atoms with Crippen LogP contribution in [0.3, 0.4) is 0 Å². The molecule has 4 nitrogen and oxygen atoms in total. The molecule has 2 aliphatic carbocycles. The Kier molecular flexibility index (Phi) is 4.91. The molecule has 0 aromatic heterocycles. The van der Waals surface area contributed by atoms with Gasteiger partial charge in [0.1, 0.15) is 5.82 Å². The molecule has 0 N–H and O–H groups in total. The molecule has 0 spiro atoms. The lowest BCUT2D eigenvalue weighted by atomic mass is 9.60. The summed E-state index contributed by atoms with van der Waals surface area (Å²) in [5, 5.41) is 0. The average molecular weight is 480 g/mol. The molecule has 4 atom stereocenters. The number of ketones is 1. The molecule has 3 aliphatic rings. The predicted molar refractivity (Wildman–Crippen MR) is 136 cm³/mol. The second-order valence-corrected chi connectivity index (χ2v) is 9.88. The molecule has 3 aromatic rings. The summed E-state index contributed by atoms with van der Waals surface area (Å²) in [6.45, 7) is 3.84. The first kappa shape index (κ1) is 22.6. The second kappa shape index (κ2) is 7.82. The summed E-state index contributed by atoms with van der Waals surface area (Å²) in [7, 11) is 0. The maximum atomic E-state index is 14.9. The molecule has 1 heterocycles. The minimum absolute atomic E-state index is 0.0474. The van der Waals surface area contributed by atoms with E-state index in [1.807, 2.05) is 74.5 Å². The van der Waals surface area contributed by atoms with Gasteiger partial charge in [0, 0.05) is 0 Å². The summed E-state index contributed by atoms with van der Waals surface area (Å²) in [5.41, 5.74) is 1.05. The maximum absolute atomic E-state index is 14.9. The van der Waals surface area contributed by atoms with Gasteiger partial charge < -0.3 is 0 Å². The lowest BCUT2D eigenvalue weighted by Gasteiger charge is -2.38. The molecule has 1 saturated heterocycles. The van der Waals surface area contributed by atoms with E-state index in [0.717, 1.165) is 27.2 Å². The first-order valence-corrected chi connectivity index (χ1v) is 12.5. The van der Waals surface area contributed by atoms with Crippen molar-refractivity contribution in [3.05, 3.63) is 102 Å². The van der Waals surface area contributed by atoms with Crippen LogP contribution in [0.4, 0.5) is 10.1 Å². The summed E-state index contributed by atoms with van der Waals surface area (Å²) in [6, 6.07) is 25.3. The van der Waals surface area contributed by atoms with Gasteiger partial charge in [-0.3, -0.25) is 14.4 Å². The zero-order chi connectivity index (χ0) is 25.2. The number of fused-ring (bicyclic) bond motifs is 5. The van der Waals surface area contributed by atoms with Crippen molar-refractivity contribution in [2.45, 2.75) is 26.7 Å². The van der Waals surface area contributed by atoms with Crippen LogP contribution in [0.1, 0.15) is 37.8 Å². The number of allylic oxidation sites excluding steroid dienone is 2. The van der Waals surface area contributed by atoms with Crippen LogP contribution in [0.5, 0.6) is 0 Å². The first-order valence-electron chi connectivity index (χ1n) is 12.5. The number of imide groups is 1. The van der Waals surface area contributed by atoms with Gasteiger partial charge in [0.25, 0.3) is 0 Å².